The van der Waals surface area contributed by atoms with E-state index in [2.05, 4.69) is 5.32 Å². The summed E-state index contributed by atoms with van der Waals surface area (Å²) in [7, 11) is 1.42. The van der Waals surface area contributed by atoms with Gasteiger partial charge in [-0.3, -0.25) is 14.4 Å². The zero-order valence-corrected chi connectivity index (χ0v) is 14.2. The van der Waals surface area contributed by atoms with E-state index in [1.165, 1.54) is 14.0 Å². The Morgan fingerprint density at radius 1 is 0.960 bits per heavy atom. The van der Waals surface area contributed by atoms with Crippen molar-refractivity contribution in [1.82, 2.24) is 5.32 Å². The van der Waals surface area contributed by atoms with Crippen LogP contribution in [0.15, 0.2) is 54.6 Å². The summed E-state index contributed by atoms with van der Waals surface area (Å²) in [5.74, 6) is -4.48. The Morgan fingerprint density at radius 3 is 2.04 bits per heavy atom. The number of Topliss-reactive ketones (excluding diaryl/α,β-unsaturated/α-hetero) is 1. The van der Waals surface area contributed by atoms with E-state index in [0.717, 1.165) is 16.7 Å². The Hall–Kier alpha value is -2.95. The zero-order chi connectivity index (χ0) is 18.4. The molecule has 0 aliphatic rings. The molecule has 0 spiro atoms. The molecule has 2 rings (SSSR count). The molecule has 2 N–H and O–H groups in total. The average molecular weight is 339 g/mol. The molecule has 2 aromatic rings. The summed E-state index contributed by atoms with van der Waals surface area (Å²) in [6, 6.07) is 17.2. The highest BCUT2D eigenvalue weighted by Crippen LogP contribution is 2.21. The van der Waals surface area contributed by atoms with Gasteiger partial charge in [0, 0.05) is 13.5 Å². The maximum atomic E-state index is 12.4. The second kappa shape index (κ2) is 8.24. The predicted octanol–water partition coefficient (Wildman–Crippen LogP) is 2.55. The van der Waals surface area contributed by atoms with Crippen molar-refractivity contribution in [3.05, 3.63) is 60.2 Å². The second-order valence-electron chi connectivity index (χ2n) is 5.92. The van der Waals surface area contributed by atoms with Crippen molar-refractivity contribution in [2.45, 2.75) is 13.3 Å². The van der Waals surface area contributed by atoms with E-state index in [4.69, 9.17) is 0 Å². The Kier molecular flexibility index (Phi) is 6.06. The number of hydrogen-bond donors (Lipinski definition) is 2. The molecule has 0 heterocycles. The van der Waals surface area contributed by atoms with Crippen LogP contribution in [0.3, 0.4) is 0 Å². The van der Waals surface area contributed by atoms with Gasteiger partial charge in [0.05, 0.1) is 5.92 Å². The number of nitrogens with one attached hydrogen (secondary N) is 1. The van der Waals surface area contributed by atoms with Gasteiger partial charge in [-0.25, -0.2) is 0 Å². The van der Waals surface area contributed by atoms with Gasteiger partial charge in [0.1, 0.15) is 5.92 Å². The van der Waals surface area contributed by atoms with Crippen molar-refractivity contribution in [3.63, 3.8) is 0 Å². The lowest BCUT2D eigenvalue weighted by Gasteiger charge is -2.17. The molecule has 0 saturated carbocycles. The number of rotatable bonds is 7. The summed E-state index contributed by atoms with van der Waals surface area (Å²) < 4.78 is 0. The highest BCUT2D eigenvalue weighted by molar-refractivity contribution is 6.03. The molecule has 2 aromatic carbocycles. The number of carbonyl (C=O) groups is 3. The normalized spacial score (nSPS) is 12.9. The van der Waals surface area contributed by atoms with Crippen LogP contribution in [0.4, 0.5) is 0 Å². The first-order valence-electron chi connectivity index (χ1n) is 8.05. The fourth-order valence-corrected chi connectivity index (χ4v) is 2.77. The molecule has 1 amide bonds. The van der Waals surface area contributed by atoms with Gasteiger partial charge >= 0.3 is 5.97 Å². The fraction of sp³-hybridized carbons (Fsp3) is 0.250. The lowest BCUT2D eigenvalue weighted by atomic mass is 9.86. The maximum Gasteiger partial charge on any atom is 0.314 e. The van der Waals surface area contributed by atoms with Gasteiger partial charge in [0.15, 0.2) is 5.78 Å². The van der Waals surface area contributed by atoms with Crippen molar-refractivity contribution < 1.29 is 19.5 Å². The number of carboxylic acids is 1. The second-order valence-corrected chi connectivity index (χ2v) is 5.92. The molecule has 130 valence electrons. The smallest absolute Gasteiger partial charge is 0.314 e. The van der Waals surface area contributed by atoms with E-state index in [9.17, 15) is 19.5 Å². The minimum Gasteiger partial charge on any atom is -0.481 e. The monoisotopic (exact) mass is 339 g/mol. The van der Waals surface area contributed by atoms with Gasteiger partial charge in [0.25, 0.3) is 0 Å². The summed E-state index contributed by atoms with van der Waals surface area (Å²) in [5, 5.41) is 11.7. The molecule has 0 aliphatic heterocycles. The van der Waals surface area contributed by atoms with Crippen LogP contribution in [0.1, 0.15) is 12.5 Å². The molecule has 0 radical (unpaired) electrons. The first-order valence-corrected chi connectivity index (χ1v) is 8.05. The molecular weight excluding hydrogens is 318 g/mol. The van der Waals surface area contributed by atoms with E-state index in [1.54, 1.807) is 0 Å². The SMILES string of the molecule is CNC(=O)C(C)C(C(=O)O)C(=O)Cc1ccc(-c2ccccc2)cc1. The number of carboxylic acid groups (broad SMARTS) is 1. The number of benzene rings is 2. The summed E-state index contributed by atoms with van der Waals surface area (Å²) in [5.41, 5.74) is 2.81. The Balaban J connectivity index is 2.13. The number of aliphatic carboxylic acids is 1. The maximum absolute atomic E-state index is 12.4. The van der Waals surface area contributed by atoms with Crippen LogP contribution in [-0.2, 0) is 20.8 Å². The van der Waals surface area contributed by atoms with Gasteiger partial charge in [-0.1, -0.05) is 61.5 Å². The molecule has 2 unspecified atom stereocenters. The van der Waals surface area contributed by atoms with Gasteiger partial charge in [-0.2, -0.15) is 0 Å². The van der Waals surface area contributed by atoms with Crippen LogP contribution in [-0.4, -0.2) is 29.8 Å². The van der Waals surface area contributed by atoms with Crippen molar-refractivity contribution in [1.29, 1.82) is 0 Å². The third-order valence-electron chi connectivity index (χ3n) is 4.21. The van der Waals surface area contributed by atoms with Crippen LogP contribution < -0.4 is 5.32 Å². The first kappa shape index (κ1) is 18.4. The van der Waals surface area contributed by atoms with Gasteiger partial charge < -0.3 is 10.4 Å². The Morgan fingerprint density at radius 2 is 1.52 bits per heavy atom. The lowest BCUT2D eigenvalue weighted by Crippen LogP contribution is -2.39. The molecule has 2 atom stereocenters. The highest BCUT2D eigenvalue weighted by atomic mass is 16.4. The Bertz CT molecular complexity index is 753. The molecule has 0 saturated heterocycles. The molecule has 0 aromatic heterocycles. The molecule has 0 bridgehead atoms. The highest BCUT2D eigenvalue weighted by Gasteiger charge is 2.35. The minimum absolute atomic E-state index is 0.0205. The van der Waals surface area contributed by atoms with E-state index in [-0.39, 0.29) is 6.42 Å². The first-order chi connectivity index (χ1) is 11.9. The van der Waals surface area contributed by atoms with Crippen molar-refractivity contribution >= 4 is 17.7 Å². The quantitative estimate of drug-likeness (QED) is 0.759. The fourth-order valence-electron chi connectivity index (χ4n) is 2.77. The van der Waals surface area contributed by atoms with Crippen LogP contribution in [0.25, 0.3) is 11.1 Å². The van der Waals surface area contributed by atoms with Crippen LogP contribution in [0, 0.1) is 11.8 Å². The summed E-state index contributed by atoms with van der Waals surface area (Å²) in [4.78, 5) is 35.5. The topological polar surface area (TPSA) is 83.5 Å². The predicted molar refractivity (Wildman–Crippen MR) is 94.9 cm³/mol. The van der Waals surface area contributed by atoms with Crippen LogP contribution >= 0.6 is 0 Å². The van der Waals surface area contributed by atoms with Crippen molar-refractivity contribution in [3.8, 4) is 11.1 Å². The van der Waals surface area contributed by atoms with Gasteiger partial charge in [-0.05, 0) is 16.7 Å². The van der Waals surface area contributed by atoms with E-state index >= 15 is 0 Å². The van der Waals surface area contributed by atoms with E-state index < -0.39 is 29.5 Å². The van der Waals surface area contributed by atoms with Crippen LogP contribution in [0.2, 0.25) is 0 Å². The molecule has 0 aliphatic carbocycles. The van der Waals surface area contributed by atoms with Gasteiger partial charge in [0.2, 0.25) is 5.91 Å². The number of ketones is 1. The zero-order valence-electron chi connectivity index (χ0n) is 14.2. The number of amides is 1. The lowest BCUT2D eigenvalue weighted by molar-refractivity contribution is -0.151. The van der Waals surface area contributed by atoms with E-state index in [0.29, 0.717) is 0 Å². The summed E-state index contributed by atoms with van der Waals surface area (Å²) in [6.07, 6.45) is -0.0205. The summed E-state index contributed by atoms with van der Waals surface area (Å²) in [6.45, 7) is 1.45. The number of carbonyl (C=O) groups excluding carboxylic acids is 2. The van der Waals surface area contributed by atoms with Gasteiger partial charge in [-0.15, -0.1) is 0 Å². The largest absolute Gasteiger partial charge is 0.481 e. The third-order valence-corrected chi connectivity index (χ3v) is 4.21. The summed E-state index contributed by atoms with van der Waals surface area (Å²) >= 11 is 0. The standard InChI is InChI=1S/C20H21NO4/c1-13(19(23)21-2)18(20(24)25)17(22)12-14-8-10-16(11-9-14)15-6-4-3-5-7-15/h3-11,13,18H,12H2,1-2H3,(H,21,23)(H,24,25). The molecular formula is C20H21NO4. The molecule has 0 fully saturated rings. The van der Waals surface area contributed by atoms with E-state index in [1.807, 2.05) is 54.6 Å². The molecule has 5 nitrogen and oxygen atoms in total. The minimum atomic E-state index is -1.35. The Labute approximate surface area is 146 Å². The third kappa shape index (κ3) is 4.53. The molecule has 5 heteroatoms. The average Bonchev–Trinajstić information content (AvgIpc) is 2.62. The van der Waals surface area contributed by atoms with Crippen LogP contribution in [0.5, 0.6) is 0 Å². The number of hydrogen-bond acceptors (Lipinski definition) is 3. The molecule has 25 heavy (non-hydrogen) atoms. The van der Waals surface area contributed by atoms with Crippen molar-refractivity contribution in [2.75, 3.05) is 7.05 Å². The van der Waals surface area contributed by atoms with Crippen molar-refractivity contribution in [2.24, 2.45) is 11.8 Å².